The van der Waals surface area contributed by atoms with E-state index in [0.717, 1.165) is 37.9 Å². The SMILES string of the molecule is O=C(CCc1ccsc1)N1CCC([C@H](O)c2ccccc2)CC1. The molecule has 1 aromatic carbocycles. The Kier molecular flexibility index (Phi) is 5.47. The van der Waals surface area contributed by atoms with Gasteiger partial charge in [0.05, 0.1) is 6.10 Å². The van der Waals surface area contributed by atoms with Crippen LogP contribution in [-0.4, -0.2) is 29.0 Å². The van der Waals surface area contributed by atoms with E-state index in [1.165, 1.54) is 5.56 Å². The second-order valence-corrected chi connectivity index (χ2v) is 6.99. The lowest BCUT2D eigenvalue weighted by molar-refractivity contribution is -0.133. The molecule has 1 atom stereocenters. The molecule has 1 N–H and O–H groups in total. The second kappa shape index (κ2) is 7.75. The summed E-state index contributed by atoms with van der Waals surface area (Å²) in [7, 11) is 0. The molecule has 3 nitrogen and oxygen atoms in total. The molecule has 1 aromatic heterocycles. The molecule has 23 heavy (non-hydrogen) atoms. The summed E-state index contributed by atoms with van der Waals surface area (Å²) in [6.45, 7) is 1.52. The van der Waals surface area contributed by atoms with E-state index in [1.807, 2.05) is 35.2 Å². The molecule has 0 saturated carbocycles. The lowest BCUT2D eigenvalue weighted by atomic mass is 9.87. The molecule has 1 amide bonds. The number of aliphatic hydroxyl groups is 1. The molecule has 3 rings (SSSR count). The third-order valence-corrected chi connectivity index (χ3v) is 5.42. The summed E-state index contributed by atoms with van der Waals surface area (Å²) in [5, 5.41) is 14.7. The van der Waals surface area contributed by atoms with Gasteiger partial charge in [-0.1, -0.05) is 30.3 Å². The van der Waals surface area contributed by atoms with Gasteiger partial charge in [0.15, 0.2) is 0 Å². The third-order valence-electron chi connectivity index (χ3n) is 4.69. The predicted octanol–water partition coefficient (Wildman–Crippen LogP) is 3.65. The number of aryl methyl sites for hydroxylation is 1. The number of aliphatic hydroxyl groups excluding tert-OH is 1. The first-order valence-corrected chi connectivity index (χ1v) is 9.20. The van der Waals surface area contributed by atoms with Gasteiger partial charge in [-0.3, -0.25) is 4.79 Å². The van der Waals surface area contributed by atoms with Crippen LogP contribution in [0.2, 0.25) is 0 Å². The molecule has 1 aliphatic heterocycles. The van der Waals surface area contributed by atoms with Crippen LogP contribution in [0.3, 0.4) is 0 Å². The largest absolute Gasteiger partial charge is 0.388 e. The molecule has 1 fully saturated rings. The summed E-state index contributed by atoms with van der Waals surface area (Å²) in [6, 6.07) is 11.9. The van der Waals surface area contributed by atoms with Gasteiger partial charge in [0, 0.05) is 19.5 Å². The maximum absolute atomic E-state index is 12.3. The zero-order valence-electron chi connectivity index (χ0n) is 13.2. The van der Waals surface area contributed by atoms with Gasteiger partial charge in [-0.05, 0) is 53.1 Å². The van der Waals surface area contributed by atoms with Crippen LogP contribution >= 0.6 is 11.3 Å². The Balaban J connectivity index is 1.47. The first-order chi connectivity index (χ1) is 11.2. The summed E-state index contributed by atoms with van der Waals surface area (Å²) in [5.74, 6) is 0.488. The van der Waals surface area contributed by atoms with Crippen LogP contribution in [0, 0.1) is 5.92 Å². The number of amides is 1. The molecule has 2 heterocycles. The van der Waals surface area contributed by atoms with Crippen molar-refractivity contribution in [2.45, 2.75) is 31.8 Å². The van der Waals surface area contributed by atoms with Gasteiger partial charge in [-0.25, -0.2) is 0 Å². The molecule has 1 saturated heterocycles. The topological polar surface area (TPSA) is 40.5 Å². The van der Waals surface area contributed by atoms with Crippen molar-refractivity contribution in [3.05, 3.63) is 58.3 Å². The van der Waals surface area contributed by atoms with E-state index >= 15 is 0 Å². The number of nitrogens with zero attached hydrogens (tertiary/aromatic N) is 1. The van der Waals surface area contributed by atoms with Crippen molar-refractivity contribution in [1.82, 2.24) is 4.90 Å². The molecular formula is C19H23NO2S. The Labute approximate surface area is 141 Å². The molecule has 122 valence electrons. The minimum Gasteiger partial charge on any atom is -0.388 e. The quantitative estimate of drug-likeness (QED) is 0.909. The van der Waals surface area contributed by atoms with Crippen molar-refractivity contribution >= 4 is 17.2 Å². The van der Waals surface area contributed by atoms with Gasteiger partial charge in [0.25, 0.3) is 0 Å². The number of carbonyl (C=O) groups excluding carboxylic acids is 1. The molecule has 0 aliphatic carbocycles. The van der Waals surface area contributed by atoms with Crippen LogP contribution in [0.15, 0.2) is 47.2 Å². The van der Waals surface area contributed by atoms with E-state index in [9.17, 15) is 9.90 Å². The number of likely N-dealkylation sites (tertiary alicyclic amines) is 1. The lowest BCUT2D eigenvalue weighted by Crippen LogP contribution is -2.39. The fraction of sp³-hybridized carbons (Fsp3) is 0.421. The zero-order valence-corrected chi connectivity index (χ0v) is 14.0. The van der Waals surface area contributed by atoms with Crippen LogP contribution in [0.5, 0.6) is 0 Å². The predicted molar refractivity (Wildman–Crippen MR) is 93.3 cm³/mol. The highest BCUT2D eigenvalue weighted by Gasteiger charge is 2.27. The summed E-state index contributed by atoms with van der Waals surface area (Å²) < 4.78 is 0. The van der Waals surface area contributed by atoms with Crippen molar-refractivity contribution in [1.29, 1.82) is 0 Å². The van der Waals surface area contributed by atoms with E-state index < -0.39 is 6.10 Å². The first-order valence-electron chi connectivity index (χ1n) is 8.26. The molecular weight excluding hydrogens is 306 g/mol. The molecule has 0 radical (unpaired) electrons. The highest BCUT2D eigenvalue weighted by Crippen LogP contribution is 2.30. The normalized spacial score (nSPS) is 17.2. The van der Waals surface area contributed by atoms with E-state index in [4.69, 9.17) is 0 Å². The zero-order chi connectivity index (χ0) is 16.1. The molecule has 0 bridgehead atoms. The summed E-state index contributed by atoms with van der Waals surface area (Å²) in [5.41, 5.74) is 2.23. The smallest absolute Gasteiger partial charge is 0.222 e. The third kappa shape index (κ3) is 4.21. The minimum absolute atomic E-state index is 0.240. The standard InChI is InChI=1S/C19H23NO2S/c21-18(7-6-15-10-13-23-14-15)20-11-8-17(9-12-20)19(22)16-4-2-1-3-5-16/h1-5,10,13-14,17,19,22H,6-9,11-12H2/t19-/m1/s1. The second-order valence-electron chi connectivity index (χ2n) is 6.21. The Morgan fingerprint density at radius 1 is 1.22 bits per heavy atom. The van der Waals surface area contributed by atoms with E-state index in [1.54, 1.807) is 11.3 Å². The number of carbonyl (C=O) groups is 1. The Morgan fingerprint density at radius 3 is 2.61 bits per heavy atom. The Morgan fingerprint density at radius 2 is 1.96 bits per heavy atom. The maximum Gasteiger partial charge on any atom is 0.222 e. The molecule has 2 aromatic rings. The first kappa shape index (κ1) is 16.2. The van der Waals surface area contributed by atoms with Crippen molar-refractivity contribution in [3.63, 3.8) is 0 Å². The van der Waals surface area contributed by atoms with Gasteiger partial charge >= 0.3 is 0 Å². The summed E-state index contributed by atoms with van der Waals surface area (Å²) >= 11 is 1.68. The molecule has 0 spiro atoms. The Bertz CT molecular complexity index is 604. The van der Waals surface area contributed by atoms with E-state index in [-0.39, 0.29) is 11.8 Å². The van der Waals surface area contributed by atoms with Crippen molar-refractivity contribution in [2.24, 2.45) is 5.92 Å². The number of piperidine rings is 1. The van der Waals surface area contributed by atoms with Gasteiger partial charge in [0.2, 0.25) is 5.91 Å². The van der Waals surface area contributed by atoms with E-state index in [2.05, 4.69) is 16.8 Å². The number of benzene rings is 1. The molecule has 1 aliphatic rings. The molecule has 4 heteroatoms. The van der Waals surface area contributed by atoms with Crippen molar-refractivity contribution in [2.75, 3.05) is 13.1 Å². The average molecular weight is 329 g/mol. The number of rotatable bonds is 5. The Hall–Kier alpha value is -1.65. The monoisotopic (exact) mass is 329 g/mol. The van der Waals surface area contributed by atoms with Gasteiger partial charge < -0.3 is 10.0 Å². The fourth-order valence-corrected chi connectivity index (χ4v) is 3.93. The van der Waals surface area contributed by atoms with Gasteiger partial charge in [-0.2, -0.15) is 11.3 Å². The van der Waals surface area contributed by atoms with Crippen LogP contribution in [0.4, 0.5) is 0 Å². The number of hydrogen-bond acceptors (Lipinski definition) is 3. The summed E-state index contributed by atoms with van der Waals surface area (Å²) in [4.78, 5) is 14.3. The van der Waals surface area contributed by atoms with Crippen LogP contribution in [0.25, 0.3) is 0 Å². The van der Waals surface area contributed by atoms with Crippen LogP contribution in [0.1, 0.15) is 36.5 Å². The maximum atomic E-state index is 12.3. The highest BCUT2D eigenvalue weighted by atomic mass is 32.1. The van der Waals surface area contributed by atoms with Gasteiger partial charge in [0.1, 0.15) is 0 Å². The summed E-state index contributed by atoms with van der Waals surface area (Å²) in [6.07, 6.45) is 2.75. The minimum atomic E-state index is -0.417. The molecule has 0 unspecified atom stereocenters. The van der Waals surface area contributed by atoms with Crippen LogP contribution in [-0.2, 0) is 11.2 Å². The van der Waals surface area contributed by atoms with Crippen LogP contribution < -0.4 is 0 Å². The van der Waals surface area contributed by atoms with Gasteiger partial charge in [-0.15, -0.1) is 0 Å². The number of thiophene rings is 1. The number of hydrogen-bond donors (Lipinski definition) is 1. The average Bonchev–Trinajstić information content (AvgIpc) is 3.13. The fourth-order valence-electron chi connectivity index (χ4n) is 3.23. The van der Waals surface area contributed by atoms with E-state index in [0.29, 0.717) is 6.42 Å². The van der Waals surface area contributed by atoms with Crippen molar-refractivity contribution in [3.8, 4) is 0 Å². The lowest BCUT2D eigenvalue weighted by Gasteiger charge is -2.34. The highest BCUT2D eigenvalue weighted by molar-refractivity contribution is 7.07. The van der Waals surface area contributed by atoms with Crippen molar-refractivity contribution < 1.29 is 9.90 Å².